The van der Waals surface area contributed by atoms with E-state index in [1.54, 1.807) is 20.3 Å². The van der Waals surface area contributed by atoms with Crippen molar-refractivity contribution in [1.82, 2.24) is 4.98 Å². The monoisotopic (exact) mass is 329 g/mol. The highest BCUT2D eigenvalue weighted by Gasteiger charge is 2.15. The zero-order valence-corrected chi connectivity index (χ0v) is 13.4. The predicted molar refractivity (Wildman–Crippen MR) is 91.8 cm³/mol. The molecule has 3 aromatic rings. The smallest absolute Gasteiger partial charge is 0.325 e. The van der Waals surface area contributed by atoms with Crippen molar-refractivity contribution in [2.24, 2.45) is 0 Å². The summed E-state index contributed by atoms with van der Waals surface area (Å²) in [5.74, 6) is 1.32. The lowest BCUT2D eigenvalue weighted by atomic mass is 10.3. The van der Waals surface area contributed by atoms with Crippen LogP contribution in [-0.2, 0) is 0 Å². The van der Waals surface area contributed by atoms with E-state index >= 15 is 0 Å². The number of urea groups is 1. The van der Waals surface area contributed by atoms with Crippen molar-refractivity contribution in [3.05, 3.63) is 42.5 Å². The minimum absolute atomic E-state index is 0.354. The van der Waals surface area contributed by atoms with E-state index in [0.717, 1.165) is 4.70 Å². The molecule has 2 amide bonds. The van der Waals surface area contributed by atoms with E-state index in [9.17, 15) is 4.79 Å². The first kappa shape index (κ1) is 15.1. The molecule has 1 heterocycles. The third-order valence-corrected chi connectivity index (χ3v) is 4.15. The molecule has 0 bridgehead atoms. The number of hydrogen-bond acceptors (Lipinski definition) is 5. The summed E-state index contributed by atoms with van der Waals surface area (Å²) in [5.41, 5.74) is 1.37. The number of carbonyl (C=O) groups excluding carboxylic acids is 1. The molecule has 3 rings (SSSR count). The van der Waals surface area contributed by atoms with Gasteiger partial charge in [0.25, 0.3) is 0 Å². The highest BCUT2D eigenvalue weighted by atomic mass is 32.1. The second kappa shape index (κ2) is 6.53. The molecule has 2 N–H and O–H groups in total. The van der Waals surface area contributed by atoms with Crippen LogP contribution >= 0.6 is 11.3 Å². The molecule has 0 saturated heterocycles. The van der Waals surface area contributed by atoms with Crippen molar-refractivity contribution in [1.29, 1.82) is 0 Å². The van der Waals surface area contributed by atoms with E-state index in [1.807, 2.05) is 36.4 Å². The largest absolute Gasteiger partial charge is 0.495 e. The van der Waals surface area contributed by atoms with Crippen molar-refractivity contribution < 1.29 is 14.3 Å². The van der Waals surface area contributed by atoms with Crippen LogP contribution in [-0.4, -0.2) is 25.2 Å². The molecule has 0 fully saturated rings. The first-order chi connectivity index (χ1) is 11.2. The number of fused-ring (bicyclic) bond motifs is 1. The van der Waals surface area contributed by atoms with Gasteiger partial charge in [0.05, 0.1) is 14.2 Å². The molecule has 2 aromatic carbocycles. The van der Waals surface area contributed by atoms with E-state index in [1.165, 1.54) is 11.3 Å². The zero-order valence-electron chi connectivity index (χ0n) is 12.6. The SMILES string of the molecule is COc1ccc(OC)c2sc(NC(=O)Nc3ccccc3)nc12. The molecule has 0 radical (unpaired) electrons. The van der Waals surface area contributed by atoms with Gasteiger partial charge < -0.3 is 14.8 Å². The molecular weight excluding hydrogens is 314 g/mol. The zero-order chi connectivity index (χ0) is 16.2. The number of nitrogens with one attached hydrogen (secondary N) is 2. The molecule has 23 heavy (non-hydrogen) atoms. The number of nitrogens with zero attached hydrogens (tertiary/aromatic N) is 1. The molecule has 0 saturated carbocycles. The molecule has 0 aliphatic heterocycles. The predicted octanol–water partition coefficient (Wildman–Crippen LogP) is 3.96. The first-order valence-electron chi connectivity index (χ1n) is 6.86. The Hall–Kier alpha value is -2.80. The summed E-state index contributed by atoms with van der Waals surface area (Å²) in [6.07, 6.45) is 0. The van der Waals surface area contributed by atoms with Gasteiger partial charge in [0.2, 0.25) is 0 Å². The lowest BCUT2D eigenvalue weighted by Gasteiger charge is -2.04. The number of amides is 2. The average Bonchev–Trinajstić information content (AvgIpc) is 2.98. The number of aromatic nitrogens is 1. The molecule has 0 aliphatic carbocycles. The van der Waals surface area contributed by atoms with E-state index in [-0.39, 0.29) is 6.03 Å². The molecule has 1 aromatic heterocycles. The van der Waals surface area contributed by atoms with Crippen molar-refractivity contribution in [3.63, 3.8) is 0 Å². The van der Waals surface area contributed by atoms with Gasteiger partial charge >= 0.3 is 6.03 Å². The van der Waals surface area contributed by atoms with E-state index < -0.39 is 0 Å². The summed E-state index contributed by atoms with van der Waals surface area (Å²) in [6, 6.07) is 12.4. The van der Waals surface area contributed by atoms with E-state index in [4.69, 9.17) is 9.47 Å². The quantitative estimate of drug-likeness (QED) is 0.760. The van der Waals surface area contributed by atoms with Crippen LogP contribution in [0.1, 0.15) is 0 Å². The summed E-state index contributed by atoms with van der Waals surface area (Å²) in [5, 5.41) is 5.94. The Labute approximate surface area is 137 Å². The third kappa shape index (κ3) is 3.19. The van der Waals surface area contributed by atoms with Crippen LogP contribution in [0, 0.1) is 0 Å². The fourth-order valence-corrected chi connectivity index (χ4v) is 3.09. The van der Waals surface area contributed by atoms with Crippen molar-refractivity contribution in [2.45, 2.75) is 0 Å². The number of ether oxygens (including phenoxy) is 2. The van der Waals surface area contributed by atoms with Crippen LogP contribution in [0.3, 0.4) is 0 Å². The molecule has 6 nitrogen and oxygen atoms in total. The molecule has 118 valence electrons. The number of thiazole rings is 1. The number of anilines is 2. The Kier molecular flexibility index (Phi) is 4.29. The highest BCUT2D eigenvalue weighted by molar-refractivity contribution is 7.22. The van der Waals surface area contributed by atoms with Crippen LogP contribution in [0.15, 0.2) is 42.5 Å². The van der Waals surface area contributed by atoms with E-state index in [0.29, 0.717) is 27.8 Å². The van der Waals surface area contributed by atoms with Crippen molar-refractivity contribution in [3.8, 4) is 11.5 Å². The van der Waals surface area contributed by atoms with Crippen molar-refractivity contribution in [2.75, 3.05) is 24.9 Å². The molecule has 0 spiro atoms. The van der Waals surface area contributed by atoms with Crippen LogP contribution in [0.4, 0.5) is 15.6 Å². The van der Waals surface area contributed by atoms with Gasteiger partial charge in [-0.15, -0.1) is 0 Å². The lowest BCUT2D eigenvalue weighted by Crippen LogP contribution is -2.19. The molecule has 7 heteroatoms. The summed E-state index contributed by atoms with van der Waals surface area (Å²) < 4.78 is 11.4. The van der Waals surface area contributed by atoms with Crippen LogP contribution in [0.25, 0.3) is 10.2 Å². The highest BCUT2D eigenvalue weighted by Crippen LogP contribution is 2.38. The average molecular weight is 329 g/mol. The Morgan fingerprint density at radius 2 is 1.70 bits per heavy atom. The fourth-order valence-electron chi connectivity index (χ4n) is 2.12. The Balaban J connectivity index is 1.84. The topological polar surface area (TPSA) is 72.5 Å². The fraction of sp³-hybridized carbons (Fsp3) is 0.125. The minimum Gasteiger partial charge on any atom is -0.495 e. The summed E-state index contributed by atoms with van der Waals surface area (Å²) in [7, 11) is 3.17. The summed E-state index contributed by atoms with van der Waals surface area (Å²) >= 11 is 1.33. The third-order valence-electron chi connectivity index (χ3n) is 3.16. The van der Waals surface area contributed by atoms with Gasteiger partial charge in [-0.2, -0.15) is 0 Å². The number of carbonyl (C=O) groups is 1. The maximum absolute atomic E-state index is 12.0. The van der Waals surface area contributed by atoms with Gasteiger partial charge in [-0.05, 0) is 24.3 Å². The number of rotatable bonds is 4. The number of benzene rings is 2. The normalized spacial score (nSPS) is 10.3. The van der Waals surface area contributed by atoms with Gasteiger partial charge in [0.15, 0.2) is 5.13 Å². The number of hydrogen-bond donors (Lipinski definition) is 2. The maximum atomic E-state index is 12.0. The summed E-state index contributed by atoms with van der Waals surface area (Å²) in [4.78, 5) is 16.5. The standard InChI is InChI=1S/C16H15N3O3S/c1-21-11-8-9-12(22-2)14-13(11)18-16(23-14)19-15(20)17-10-6-4-3-5-7-10/h3-9H,1-2H3,(H2,17,18,19,20). The van der Waals surface area contributed by atoms with Crippen molar-refractivity contribution >= 4 is 38.4 Å². The second-order valence-corrected chi connectivity index (χ2v) is 5.61. The Bertz CT molecular complexity index is 792. The van der Waals surface area contributed by atoms with Gasteiger partial charge in [-0.1, -0.05) is 29.5 Å². The van der Waals surface area contributed by atoms with Gasteiger partial charge in [-0.3, -0.25) is 5.32 Å². The minimum atomic E-state index is -0.354. The molecular formula is C16H15N3O3S. The lowest BCUT2D eigenvalue weighted by molar-refractivity contribution is 0.262. The Morgan fingerprint density at radius 1 is 1.00 bits per heavy atom. The van der Waals surface area contributed by atoms with Crippen LogP contribution < -0.4 is 20.1 Å². The number of methoxy groups -OCH3 is 2. The number of para-hydroxylation sites is 1. The summed E-state index contributed by atoms with van der Waals surface area (Å²) in [6.45, 7) is 0. The van der Waals surface area contributed by atoms with Crippen LogP contribution in [0.5, 0.6) is 11.5 Å². The van der Waals surface area contributed by atoms with Gasteiger partial charge in [-0.25, -0.2) is 9.78 Å². The molecule has 0 aliphatic rings. The second-order valence-electron chi connectivity index (χ2n) is 4.61. The Morgan fingerprint density at radius 3 is 2.39 bits per heavy atom. The van der Waals surface area contributed by atoms with E-state index in [2.05, 4.69) is 15.6 Å². The first-order valence-corrected chi connectivity index (χ1v) is 7.67. The molecule has 0 atom stereocenters. The molecule has 0 unspecified atom stereocenters. The maximum Gasteiger partial charge on any atom is 0.325 e. The van der Waals surface area contributed by atoms with Gasteiger partial charge in [0.1, 0.15) is 21.7 Å². The van der Waals surface area contributed by atoms with Gasteiger partial charge in [0, 0.05) is 5.69 Å². The van der Waals surface area contributed by atoms with Crippen LogP contribution in [0.2, 0.25) is 0 Å².